The van der Waals surface area contributed by atoms with Crippen LogP contribution in [0.25, 0.3) is 4.96 Å². The normalized spacial score (nSPS) is 21.9. The predicted molar refractivity (Wildman–Crippen MR) is 107 cm³/mol. The van der Waals surface area contributed by atoms with E-state index in [0.29, 0.717) is 38.4 Å². The Hall–Kier alpha value is -2.78. The topological polar surface area (TPSA) is 80.0 Å². The average Bonchev–Trinajstić information content (AvgIpc) is 3.17. The number of aromatic nitrogens is 3. The molecule has 0 N–H and O–H groups in total. The second-order valence-corrected chi connectivity index (χ2v) is 8.42. The summed E-state index contributed by atoms with van der Waals surface area (Å²) in [4.78, 5) is 39.2. The van der Waals surface area contributed by atoms with Gasteiger partial charge < -0.3 is 14.5 Å². The summed E-state index contributed by atoms with van der Waals surface area (Å²) in [7, 11) is 0. The minimum atomic E-state index is -0.155. The lowest BCUT2D eigenvalue weighted by atomic mass is 10.1. The first-order valence-electron chi connectivity index (χ1n) is 9.65. The summed E-state index contributed by atoms with van der Waals surface area (Å²) in [6.45, 7) is 2.67. The first-order valence-corrected chi connectivity index (χ1v) is 10.5. The maximum absolute atomic E-state index is 13.1. The average molecular weight is 411 g/mol. The number of imidazole rings is 1. The lowest BCUT2D eigenvalue weighted by Crippen LogP contribution is -2.48. The third kappa shape index (κ3) is 3.63. The van der Waals surface area contributed by atoms with Gasteiger partial charge in [-0.1, -0.05) is 0 Å². The molecule has 0 spiro atoms. The smallest absolute Gasteiger partial charge is 0.254 e. The van der Waals surface area contributed by atoms with E-state index in [4.69, 9.17) is 4.74 Å². The fourth-order valence-corrected chi connectivity index (χ4v) is 4.80. The molecule has 150 valence electrons. The minimum absolute atomic E-state index is 0.0310. The van der Waals surface area contributed by atoms with E-state index in [1.165, 1.54) is 0 Å². The molecular weight excluding hydrogens is 390 g/mol. The number of thiazole rings is 1. The monoisotopic (exact) mass is 411 g/mol. The lowest BCUT2D eigenvalue weighted by molar-refractivity contribution is -0.132. The lowest BCUT2D eigenvalue weighted by Gasteiger charge is -2.31. The van der Waals surface area contributed by atoms with Crippen LogP contribution in [0.4, 0.5) is 0 Å². The van der Waals surface area contributed by atoms with E-state index in [2.05, 4.69) is 9.97 Å². The van der Waals surface area contributed by atoms with Gasteiger partial charge in [0.15, 0.2) is 4.96 Å². The number of hydrogen-bond donors (Lipinski definition) is 0. The highest BCUT2D eigenvalue weighted by molar-refractivity contribution is 7.15. The van der Waals surface area contributed by atoms with Crippen molar-refractivity contribution in [2.75, 3.05) is 32.8 Å². The highest BCUT2D eigenvalue weighted by Crippen LogP contribution is 2.22. The van der Waals surface area contributed by atoms with Gasteiger partial charge in [-0.3, -0.25) is 19.0 Å². The zero-order chi connectivity index (χ0) is 19.8. The van der Waals surface area contributed by atoms with Crippen molar-refractivity contribution >= 4 is 28.1 Å². The molecule has 29 heavy (non-hydrogen) atoms. The molecule has 3 aromatic rings. The van der Waals surface area contributed by atoms with E-state index >= 15 is 0 Å². The van der Waals surface area contributed by atoms with Crippen LogP contribution in [0.15, 0.2) is 42.3 Å². The summed E-state index contributed by atoms with van der Waals surface area (Å²) in [5.74, 6) is 0.116. The molecule has 2 bridgehead atoms. The Morgan fingerprint density at radius 1 is 1.17 bits per heavy atom. The Morgan fingerprint density at radius 3 is 2.86 bits per heavy atom. The SMILES string of the molecule is O=C(Cc1cn2ccsc2n1)N1C[C@@H]2COC[C@H](C1)N(C(=O)c1ccncc1)C2. The third-order valence-corrected chi connectivity index (χ3v) is 6.26. The van der Waals surface area contributed by atoms with Crippen molar-refractivity contribution in [2.45, 2.75) is 12.5 Å². The number of nitrogens with zero attached hydrogens (tertiary/aromatic N) is 5. The number of ether oxygens (including phenoxy) is 1. The fraction of sp³-hybridized carbons (Fsp3) is 0.400. The fourth-order valence-electron chi connectivity index (χ4n) is 4.08. The molecule has 3 aromatic heterocycles. The summed E-state index contributed by atoms with van der Waals surface area (Å²) in [6.07, 6.45) is 7.37. The summed E-state index contributed by atoms with van der Waals surface area (Å²) >= 11 is 1.55. The van der Waals surface area contributed by atoms with E-state index in [1.807, 2.05) is 32.0 Å². The van der Waals surface area contributed by atoms with Crippen molar-refractivity contribution in [3.05, 3.63) is 53.6 Å². The second kappa shape index (κ2) is 7.57. The molecule has 2 saturated heterocycles. The number of pyridine rings is 1. The van der Waals surface area contributed by atoms with Crippen molar-refractivity contribution in [1.29, 1.82) is 0 Å². The van der Waals surface area contributed by atoms with Gasteiger partial charge in [0.25, 0.3) is 5.91 Å². The summed E-state index contributed by atoms with van der Waals surface area (Å²) in [6, 6.07) is 3.30. The van der Waals surface area contributed by atoms with Gasteiger partial charge in [-0.05, 0) is 12.1 Å². The number of fused-ring (bicyclic) bond motifs is 4. The molecule has 2 fully saturated rings. The Kier molecular flexibility index (Phi) is 4.76. The molecule has 0 saturated carbocycles. The number of hydrogen-bond acceptors (Lipinski definition) is 6. The highest BCUT2D eigenvalue weighted by atomic mass is 32.1. The third-order valence-electron chi connectivity index (χ3n) is 5.49. The Balaban J connectivity index is 1.33. The van der Waals surface area contributed by atoms with Gasteiger partial charge >= 0.3 is 0 Å². The molecule has 0 radical (unpaired) electrons. The van der Waals surface area contributed by atoms with Crippen LogP contribution in [0.2, 0.25) is 0 Å². The number of carbonyl (C=O) groups is 2. The highest BCUT2D eigenvalue weighted by Gasteiger charge is 2.37. The largest absolute Gasteiger partial charge is 0.379 e. The molecule has 0 unspecified atom stereocenters. The van der Waals surface area contributed by atoms with E-state index in [1.54, 1.807) is 35.9 Å². The quantitative estimate of drug-likeness (QED) is 0.650. The van der Waals surface area contributed by atoms with Gasteiger partial charge in [-0.15, -0.1) is 11.3 Å². The Morgan fingerprint density at radius 2 is 2.03 bits per heavy atom. The standard InChI is InChI=1S/C20H21N5O3S/c26-18(7-16-10-23-5-6-29-20(23)22-16)24-8-14-9-25(17(11-24)13-28-12-14)19(27)15-1-3-21-4-2-15/h1-6,10,14,17H,7-9,11-13H2/t14-,17-/m0/s1. The van der Waals surface area contributed by atoms with Crippen molar-refractivity contribution in [2.24, 2.45) is 5.92 Å². The molecule has 5 heterocycles. The summed E-state index contributed by atoms with van der Waals surface area (Å²) in [5.41, 5.74) is 1.39. The van der Waals surface area contributed by atoms with Gasteiger partial charge in [0.1, 0.15) is 0 Å². The summed E-state index contributed by atoms with van der Waals surface area (Å²) < 4.78 is 7.73. The molecule has 8 nitrogen and oxygen atoms in total. The van der Waals surface area contributed by atoms with Crippen LogP contribution >= 0.6 is 11.3 Å². The van der Waals surface area contributed by atoms with Crippen molar-refractivity contribution in [3.8, 4) is 0 Å². The molecular formula is C20H21N5O3S. The predicted octanol–water partition coefficient (Wildman–Crippen LogP) is 1.33. The number of amides is 2. The molecule has 2 atom stereocenters. The Bertz CT molecular complexity index is 1000. The van der Waals surface area contributed by atoms with Crippen LogP contribution in [-0.2, 0) is 16.0 Å². The first-order chi connectivity index (χ1) is 14.2. The van der Waals surface area contributed by atoms with Crippen molar-refractivity contribution in [1.82, 2.24) is 24.2 Å². The zero-order valence-corrected chi connectivity index (χ0v) is 16.6. The van der Waals surface area contributed by atoms with Crippen molar-refractivity contribution in [3.63, 3.8) is 0 Å². The van der Waals surface area contributed by atoms with Gasteiger partial charge in [0.2, 0.25) is 5.91 Å². The molecule has 0 aromatic carbocycles. The maximum Gasteiger partial charge on any atom is 0.254 e. The van der Waals surface area contributed by atoms with Crippen LogP contribution in [0.1, 0.15) is 16.1 Å². The van der Waals surface area contributed by atoms with Crippen LogP contribution in [0.5, 0.6) is 0 Å². The van der Waals surface area contributed by atoms with E-state index in [9.17, 15) is 9.59 Å². The Labute approximate surface area is 171 Å². The summed E-state index contributed by atoms with van der Waals surface area (Å²) in [5, 5.41) is 1.97. The molecule has 9 heteroatoms. The number of rotatable bonds is 3. The van der Waals surface area contributed by atoms with Gasteiger partial charge in [-0.25, -0.2) is 4.98 Å². The van der Waals surface area contributed by atoms with Gasteiger partial charge in [-0.2, -0.15) is 0 Å². The number of carbonyl (C=O) groups excluding carboxylic acids is 2. The molecule has 2 amide bonds. The first kappa shape index (κ1) is 18.3. The van der Waals surface area contributed by atoms with Gasteiger partial charge in [0.05, 0.1) is 31.4 Å². The molecule has 2 aliphatic rings. The molecule has 5 rings (SSSR count). The van der Waals surface area contributed by atoms with Crippen LogP contribution in [0.3, 0.4) is 0 Å². The molecule has 0 aliphatic carbocycles. The minimum Gasteiger partial charge on any atom is -0.379 e. The maximum atomic E-state index is 13.1. The van der Waals surface area contributed by atoms with Gasteiger partial charge in [0, 0.05) is 61.3 Å². The van der Waals surface area contributed by atoms with Crippen LogP contribution < -0.4 is 0 Å². The van der Waals surface area contributed by atoms with Crippen LogP contribution in [-0.4, -0.2) is 74.9 Å². The van der Waals surface area contributed by atoms with Crippen LogP contribution in [0, 0.1) is 5.92 Å². The zero-order valence-electron chi connectivity index (χ0n) is 15.8. The van der Waals surface area contributed by atoms with E-state index < -0.39 is 0 Å². The molecule has 2 aliphatic heterocycles. The van der Waals surface area contributed by atoms with E-state index in [0.717, 1.165) is 10.7 Å². The van der Waals surface area contributed by atoms with E-state index in [-0.39, 0.29) is 30.2 Å². The second-order valence-electron chi connectivity index (χ2n) is 7.55. The van der Waals surface area contributed by atoms with Crippen molar-refractivity contribution < 1.29 is 14.3 Å².